The Hall–Kier alpha value is -1.19. The van der Waals surface area contributed by atoms with Gasteiger partial charge in [0.05, 0.1) is 6.04 Å². The van der Waals surface area contributed by atoms with Gasteiger partial charge in [-0.05, 0) is 47.9 Å². The van der Waals surface area contributed by atoms with E-state index in [1.165, 1.54) is 11.6 Å². The van der Waals surface area contributed by atoms with Crippen molar-refractivity contribution in [1.82, 2.24) is 5.32 Å². The van der Waals surface area contributed by atoms with Gasteiger partial charge in [-0.3, -0.25) is 0 Å². The van der Waals surface area contributed by atoms with Gasteiger partial charge in [0.1, 0.15) is 5.82 Å². The topological polar surface area (TPSA) is 12.0 Å². The molecule has 0 spiro atoms. The molecule has 0 bridgehead atoms. The summed E-state index contributed by atoms with van der Waals surface area (Å²) >= 11 is 3.36. The molecule has 3 heteroatoms. The molecular formula is C17H19BrFN. The van der Waals surface area contributed by atoms with Crippen LogP contribution in [0, 0.1) is 5.82 Å². The van der Waals surface area contributed by atoms with Crippen LogP contribution in [0.4, 0.5) is 4.39 Å². The maximum atomic E-state index is 13.6. The molecule has 0 aliphatic rings. The number of aryl methyl sites for hydroxylation is 1. The number of nitrogens with one attached hydrogen (secondary N) is 1. The van der Waals surface area contributed by atoms with Gasteiger partial charge in [-0.2, -0.15) is 0 Å². The number of hydrogen-bond acceptors (Lipinski definition) is 1. The average Bonchev–Trinajstić information content (AvgIpc) is 2.44. The number of rotatable bonds is 5. The molecule has 2 rings (SSSR count). The minimum atomic E-state index is -0.220. The molecule has 0 saturated heterocycles. The van der Waals surface area contributed by atoms with Crippen molar-refractivity contribution >= 4 is 15.9 Å². The lowest BCUT2D eigenvalue weighted by Gasteiger charge is -2.19. The van der Waals surface area contributed by atoms with Crippen LogP contribution in [0.1, 0.15) is 36.6 Å². The number of benzene rings is 2. The first-order chi connectivity index (χ1) is 9.63. The van der Waals surface area contributed by atoms with E-state index in [2.05, 4.69) is 59.4 Å². The van der Waals surface area contributed by atoms with Crippen LogP contribution >= 0.6 is 15.9 Å². The van der Waals surface area contributed by atoms with Crippen LogP contribution in [0.5, 0.6) is 0 Å². The highest BCUT2D eigenvalue weighted by atomic mass is 79.9. The van der Waals surface area contributed by atoms with Crippen molar-refractivity contribution in [2.75, 3.05) is 6.54 Å². The molecule has 1 unspecified atom stereocenters. The molecule has 0 aliphatic heterocycles. The average molecular weight is 336 g/mol. The highest BCUT2D eigenvalue weighted by molar-refractivity contribution is 9.10. The maximum absolute atomic E-state index is 13.6. The standard InChI is InChI=1S/C17H19BrFN/c1-3-12-5-7-13(8-6-12)17(20-4-2)14-9-15(18)11-16(19)10-14/h5-11,17,20H,3-4H2,1-2H3. The molecule has 20 heavy (non-hydrogen) atoms. The molecule has 0 saturated carbocycles. The first kappa shape index (κ1) is 15.2. The lowest BCUT2D eigenvalue weighted by Crippen LogP contribution is -2.22. The lowest BCUT2D eigenvalue weighted by molar-refractivity contribution is 0.602. The van der Waals surface area contributed by atoms with Gasteiger partial charge in [-0.1, -0.05) is 54.0 Å². The minimum absolute atomic E-state index is 0.0120. The second-order valence-electron chi connectivity index (χ2n) is 4.79. The van der Waals surface area contributed by atoms with E-state index in [0.29, 0.717) is 0 Å². The van der Waals surface area contributed by atoms with Gasteiger partial charge in [-0.25, -0.2) is 4.39 Å². The molecule has 0 radical (unpaired) electrons. The van der Waals surface area contributed by atoms with E-state index in [1.807, 2.05) is 6.07 Å². The first-order valence-electron chi connectivity index (χ1n) is 6.92. The largest absolute Gasteiger partial charge is 0.307 e. The molecule has 106 valence electrons. The zero-order valence-electron chi connectivity index (χ0n) is 11.8. The summed E-state index contributed by atoms with van der Waals surface area (Å²) in [6.07, 6.45) is 1.03. The summed E-state index contributed by atoms with van der Waals surface area (Å²) in [6.45, 7) is 5.02. The van der Waals surface area contributed by atoms with Gasteiger partial charge in [-0.15, -0.1) is 0 Å². The molecule has 1 N–H and O–H groups in total. The fourth-order valence-electron chi connectivity index (χ4n) is 2.32. The Balaban J connectivity index is 2.38. The third-order valence-corrected chi connectivity index (χ3v) is 3.81. The van der Waals surface area contributed by atoms with Gasteiger partial charge >= 0.3 is 0 Å². The van der Waals surface area contributed by atoms with Crippen molar-refractivity contribution < 1.29 is 4.39 Å². The molecule has 2 aromatic rings. The molecule has 2 aromatic carbocycles. The number of halogens is 2. The molecule has 0 heterocycles. The van der Waals surface area contributed by atoms with E-state index in [9.17, 15) is 4.39 Å². The fourth-order valence-corrected chi connectivity index (χ4v) is 2.80. The summed E-state index contributed by atoms with van der Waals surface area (Å²) < 4.78 is 14.4. The van der Waals surface area contributed by atoms with Crippen LogP contribution in [-0.4, -0.2) is 6.54 Å². The third-order valence-electron chi connectivity index (χ3n) is 3.35. The Morgan fingerprint density at radius 2 is 1.75 bits per heavy atom. The predicted octanol–water partition coefficient (Wildman–Crippen LogP) is 4.85. The van der Waals surface area contributed by atoms with Crippen molar-refractivity contribution in [1.29, 1.82) is 0 Å². The lowest BCUT2D eigenvalue weighted by atomic mass is 9.97. The molecular weight excluding hydrogens is 317 g/mol. The van der Waals surface area contributed by atoms with Crippen LogP contribution < -0.4 is 5.32 Å². The van der Waals surface area contributed by atoms with E-state index in [4.69, 9.17) is 0 Å². The van der Waals surface area contributed by atoms with Crippen LogP contribution in [0.3, 0.4) is 0 Å². The summed E-state index contributed by atoms with van der Waals surface area (Å²) in [6, 6.07) is 13.5. The second-order valence-corrected chi connectivity index (χ2v) is 5.70. The second kappa shape index (κ2) is 7.00. The van der Waals surface area contributed by atoms with E-state index in [0.717, 1.165) is 28.6 Å². The molecule has 0 aromatic heterocycles. The van der Waals surface area contributed by atoms with Gasteiger partial charge in [0, 0.05) is 4.47 Å². The highest BCUT2D eigenvalue weighted by Crippen LogP contribution is 2.26. The van der Waals surface area contributed by atoms with Crippen LogP contribution in [0.2, 0.25) is 0 Å². The highest BCUT2D eigenvalue weighted by Gasteiger charge is 2.14. The molecule has 0 aliphatic carbocycles. The van der Waals surface area contributed by atoms with Crippen molar-refractivity contribution in [3.8, 4) is 0 Å². The Labute approximate surface area is 128 Å². The molecule has 1 atom stereocenters. The van der Waals surface area contributed by atoms with Gasteiger partial charge in [0.2, 0.25) is 0 Å². The third kappa shape index (κ3) is 3.68. The summed E-state index contributed by atoms with van der Waals surface area (Å²) in [4.78, 5) is 0. The Morgan fingerprint density at radius 1 is 1.05 bits per heavy atom. The summed E-state index contributed by atoms with van der Waals surface area (Å²) in [5.41, 5.74) is 3.40. The Bertz CT molecular complexity index is 545. The van der Waals surface area contributed by atoms with Gasteiger partial charge < -0.3 is 5.32 Å². The predicted molar refractivity (Wildman–Crippen MR) is 85.4 cm³/mol. The van der Waals surface area contributed by atoms with Crippen molar-refractivity contribution in [3.05, 3.63) is 69.4 Å². The van der Waals surface area contributed by atoms with E-state index in [1.54, 1.807) is 6.07 Å². The summed E-state index contributed by atoms with van der Waals surface area (Å²) in [5, 5.41) is 3.42. The zero-order chi connectivity index (χ0) is 14.5. The van der Waals surface area contributed by atoms with Crippen LogP contribution in [0.15, 0.2) is 46.9 Å². The monoisotopic (exact) mass is 335 g/mol. The Morgan fingerprint density at radius 3 is 2.30 bits per heavy atom. The van der Waals surface area contributed by atoms with E-state index in [-0.39, 0.29) is 11.9 Å². The normalized spacial score (nSPS) is 12.4. The van der Waals surface area contributed by atoms with Crippen molar-refractivity contribution in [3.63, 3.8) is 0 Å². The fraction of sp³-hybridized carbons (Fsp3) is 0.294. The van der Waals surface area contributed by atoms with E-state index >= 15 is 0 Å². The summed E-state index contributed by atoms with van der Waals surface area (Å²) in [7, 11) is 0. The Kier molecular flexibility index (Phi) is 5.32. The molecule has 0 amide bonds. The zero-order valence-corrected chi connectivity index (χ0v) is 13.4. The van der Waals surface area contributed by atoms with Gasteiger partial charge in [0.25, 0.3) is 0 Å². The number of hydrogen-bond donors (Lipinski definition) is 1. The van der Waals surface area contributed by atoms with Crippen LogP contribution in [0.25, 0.3) is 0 Å². The van der Waals surface area contributed by atoms with E-state index < -0.39 is 0 Å². The van der Waals surface area contributed by atoms with Crippen LogP contribution in [-0.2, 0) is 6.42 Å². The minimum Gasteiger partial charge on any atom is -0.307 e. The first-order valence-corrected chi connectivity index (χ1v) is 7.71. The maximum Gasteiger partial charge on any atom is 0.124 e. The van der Waals surface area contributed by atoms with Crippen molar-refractivity contribution in [2.45, 2.75) is 26.3 Å². The van der Waals surface area contributed by atoms with Gasteiger partial charge in [0.15, 0.2) is 0 Å². The smallest absolute Gasteiger partial charge is 0.124 e. The SMILES string of the molecule is CCNC(c1ccc(CC)cc1)c1cc(F)cc(Br)c1. The summed E-state index contributed by atoms with van der Waals surface area (Å²) in [5.74, 6) is -0.220. The molecule has 1 nitrogen and oxygen atoms in total. The molecule has 0 fully saturated rings. The van der Waals surface area contributed by atoms with Crippen molar-refractivity contribution in [2.24, 2.45) is 0 Å². The quantitative estimate of drug-likeness (QED) is 0.823.